The van der Waals surface area contributed by atoms with Gasteiger partial charge in [-0.2, -0.15) is 10.9 Å². The van der Waals surface area contributed by atoms with Crippen LogP contribution in [0.5, 0.6) is 0 Å². The lowest BCUT2D eigenvalue weighted by atomic mass is 10.1. The molecule has 6 aromatic rings. The van der Waals surface area contributed by atoms with E-state index < -0.39 is 10.9 Å². The molecule has 6 aromatic carbocycles. The van der Waals surface area contributed by atoms with Crippen LogP contribution < -0.4 is 0 Å². The Kier molecular flexibility index (Phi) is 8.32. The average Bonchev–Trinajstić information content (AvgIpc) is 3.01. The highest BCUT2D eigenvalue weighted by atomic mass is 35.5. The van der Waals surface area contributed by atoms with Crippen LogP contribution in [0.3, 0.4) is 0 Å². The molecule has 1 atom stereocenters. The van der Waals surface area contributed by atoms with Crippen LogP contribution >= 0.6 is 45.9 Å². The van der Waals surface area contributed by atoms with Crippen molar-refractivity contribution in [3.63, 3.8) is 0 Å². The molecule has 4 heteroatoms. The van der Waals surface area contributed by atoms with Crippen molar-refractivity contribution < 1.29 is 0 Å². The van der Waals surface area contributed by atoms with Gasteiger partial charge in [0, 0.05) is 14.7 Å². The molecular weight excluding hydrogens is 567 g/mol. The monoisotopic (exact) mass is 592 g/mol. The summed E-state index contributed by atoms with van der Waals surface area (Å²) in [5, 5.41) is 1.55. The molecule has 0 aliphatic heterocycles. The van der Waals surface area contributed by atoms with E-state index in [1.54, 1.807) is 11.8 Å². The quantitative estimate of drug-likeness (QED) is 0.180. The maximum absolute atomic E-state index is 6.98. The van der Waals surface area contributed by atoms with Crippen molar-refractivity contribution in [1.82, 2.24) is 0 Å². The Bertz CT molecular complexity index is 1720. The Morgan fingerprint density at radius 1 is 0.425 bits per heavy atom. The van der Waals surface area contributed by atoms with E-state index in [9.17, 15) is 0 Å². The van der Waals surface area contributed by atoms with Crippen molar-refractivity contribution in [1.29, 1.82) is 0 Å². The normalized spacial score (nSPS) is 12.2. The van der Waals surface area contributed by atoms with Gasteiger partial charge in [-0.15, -0.1) is 0 Å². The lowest BCUT2D eigenvalue weighted by molar-refractivity contribution is 1.29. The van der Waals surface area contributed by atoms with Crippen LogP contribution in [0.2, 0.25) is 10.0 Å². The molecule has 1 unspecified atom stereocenters. The molecule has 0 saturated heterocycles. The number of hydrogen-bond donors (Lipinski definition) is 1. The third-order valence-corrected chi connectivity index (χ3v) is 11.1. The second kappa shape index (κ2) is 12.4. The molecule has 0 aliphatic carbocycles. The minimum atomic E-state index is -0.823. The minimum Gasteiger partial charge on any atom is -0.171 e. The van der Waals surface area contributed by atoms with Crippen molar-refractivity contribution in [3.05, 3.63) is 162 Å². The van der Waals surface area contributed by atoms with Gasteiger partial charge >= 0.3 is 0 Å². The fraction of sp³-hybridized carbons (Fsp3) is 0. The first-order valence-corrected chi connectivity index (χ1v) is 15.9. The number of thiol groups is 1. The van der Waals surface area contributed by atoms with Crippen LogP contribution in [0.15, 0.2) is 176 Å². The SMILES string of the molecule is Clc1cc(-c2ccccc2)ccc1Sc1ccc([SH](c2ccccc2)c2ccc(-c3ccccc3)cc2Cl)cc1. The molecule has 0 amide bonds. The molecule has 0 bridgehead atoms. The third kappa shape index (κ3) is 6.01. The maximum Gasteiger partial charge on any atom is 0.0551 e. The van der Waals surface area contributed by atoms with Gasteiger partial charge in [0.25, 0.3) is 0 Å². The Morgan fingerprint density at radius 2 is 0.925 bits per heavy atom. The summed E-state index contributed by atoms with van der Waals surface area (Å²) in [5.74, 6) is 0. The molecule has 6 rings (SSSR count). The van der Waals surface area contributed by atoms with Crippen molar-refractivity contribution in [2.45, 2.75) is 24.5 Å². The second-order valence-corrected chi connectivity index (χ2v) is 13.4. The summed E-state index contributed by atoms with van der Waals surface area (Å²) >= 11 is 15.4. The molecule has 0 saturated carbocycles. The highest BCUT2D eigenvalue weighted by molar-refractivity contribution is 8.17. The minimum absolute atomic E-state index is 0.757. The maximum atomic E-state index is 6.98. The fourth-order valence-corrected chi connectivity index (χ4v) is 8.51. The van der Waals surface area contributed by atoms with Crippen LogP contribution in [0.25, 0.3) is 22.3 Å². The van der Waals surface area contributed by atoms with Crippen molar-refractivity contribution in [2.24, 2.45) is 0 Å². The number of hydrogen-bond acceptors (Lipinski definition) is 1. The topological polar surface area (TPSA) is 0 Å². The summed E-state index contributed by atoms with van der Waals surface area (Å²) in [4.78, 5) is 5.87. The van der Waals surface area contributed by atoms with E-state index in [1.807, 2.05) is 30.3 Å². The average molecular weight is 594 g/mol. The standard InChI is InChI=1S/C36H26Cl2S2/c37-33-24-28(26-10-4-1-5-11-26)16-22-35(33)39-30-18-20-32(21-19-30)40(31-14-8-3-9-15-31)36-23-17-29(25-34(36)38)27-12-6-2-7-13-27/h1-25,40H. The highest BCUT2D eigenvalue weighted by Crippen LogP contribution is 2.54. The zero-order valence-corrected chi connectivity index (χ0v) is 24.8. The fourth-order valence-electron chi connectivity index (χ4n) is 4.69. The van der Waals surface area contributed by atoms with Crippen molar-refractivity contribution >= 4 is 45.9 Å². The molecular formula is C36H26Cl2S2. The van der Waals surface area contributed by atoms with Crippen LogP contribution in [-0.2, 0) is 0 Å². The van der Waals surface area contributed by atoms with E-state index >= 15 is 0 Å². The van der Waals surface area contributed by atoms with E-state index in [-0.39, 0.29) is 0 Å². The van der Waals surface area contributed by atoms with Gasteiger partial charge in [-0.05, 0) is 92.7 Å². The largest absolute Gasteiger partial charge is 0.171 e. The van der Waals surface area contributed by atoms with Crippen LogP contribution in [0, 0.1) is 0 Å². The molecule has 0 spiro atoms. The van der Waals surface area contributed by atoms with Crippen LogP contribution in [0.4, 0.5) is 0 Å². The van der Waals surface area contributed by atoms with Gasteiger partial charge in [0.15, 0.2) is 0 Å². The van der Waals surface area contributed by atoms with Crippen LogP contribution in [-0.4, -0.2) is 0 Å². The number of rotatable bonds is 7. The molecule has 0 fully saturated rings. The highest BCUT2D eigenvalue weighted by Gasteiger charge is 2.17. The summed E-state index contributed by atoms with van der Waals surface area (Å²) in [6.07, 6.45) is 0. The predicted octanol–water partition coefficient (Wildman–Crippen LogP) is 12.0. The first-order valence-electron chi connectivity index (χ1n) is 13.0. The van der Waals surface area contributed by atoms with E-state index in [0.29, 0.717) is 0 Å². The Morgan fingerprint density at radius 3 is 1.48 bits per heavy atom. The molecule has 0 radical (unpaired) electrons. The van der Waals surface area contributed by atoms with Gasteiger partial charge in [0.2, 0.25) is 0 Å². The Balaban J connectivity index is 1.29. The van der Waals surface area contributed by atoms with Gasteiger partial charge in [-0.3, -0.25) is 0 Å². The van der Waals surface area contributed by atoms with Crippen molar-refractivity contribution in [3.8, 4) is 22.3 Å². The molecule has 0 heterocycles. The second-order valence-electron chi connectivity index (χ2n) is 9.31. The van der Waals surface area contributed by atoms with Gasteiger partial charge in [0.1, 0.15) is 0 Å². The zero-order valence-electron chi connectivity index (χ0n) is 21.5. The number of halogens is 2. The smallest absolute Gasteiger partial charge is 0.0551 e. The summed E-state index contributed by atoms with van der Waals surface area (Å²) in [6.45, 7) is 0. The Labute approximate surface area is 253 Å². The molecule has 0 N–H and O–H groups in total. The molecule has 0 aliphatic rings. The van der Waals surface area contributed by atoms with E-state index in [0.717, 1.165) is 47.0 Å². The number of benzene rings is 6. The van der Waals surface area contributed by atoms with Crippen LogP contribution in [0.1, 0.15) is 0 Å². The molecule has 196 valence electrons. The third-order valence-electron chi connectivity index (χ3n) is 6.67. The zero-order chi connectivity index (χ0) is 27.3. The Hall–Kier alpha value is -3.40. The predicted molar refractivity (Wildman–Crippen MR) is 175 cm³/mol. The lowest BCUT2D eigenvalue weighted by Crippen LogP contribution is -1.90. The van der Waals surface area contributed by atoms with Crippen molar-refractivity contribution in [2.75, 3.05) is 0 Å². The van der Waals surface area contributed by atoms with Gasteiger partial charge in [0.05, 0.1) is 10.0 Å². The van der Waals surface area contributed by atoms with Gasteiger partial charge < -0.3 is 0 Å². The van der Waals surface area contributed by atoms with E-state index in [1.165, 1.54) is 9.79 Å². The summed E-state index contributed by atoms with van der Waals surface area (Å²) in [7, 11) is -0.823. The van der Waals surface area contributed by atoms with Gasteiger partial charge in [-0.25, -0.2) is 0 Å². The molecule has 0 nitrogen and oxygen atoms in total. The lowest BCUT2D eigenvalue weighted by Gasteiger charge is -2.25. The first kappa shape index (κ1) is 26.8. The summed E-state index contributed by atoms with van der Waals surface area (Å²) in [6, 6.07) is 52.9. The van der Waals surface area contributed by atoms with E-state index in [2.05, 4.69) is 121 Å². The molecule has 40 heavy (non-hydrogen) atoms. The summed E-state index contributed by atoms with van der Waals surface area (Å²) in [5.41, 5.74) is 4.57. The summed E-state index contributed by atoms with van der Waals surface area (Å²) < 4.78 is 0. The first-order chi connectivity index (χ1) is 19.7. The van der Waals surface area contributed by atoms with Gasteiger partial charge in [-0.1, -0.05) is 126 Å². The van der Waals surface area contributed by atoms with E-state index in [4.69, 9.17) is 23.2 Å². The molecule has 0 aromatic heterocycles.